The van der Waals surface area contributed by atoms with Crippen molar-refractivity contribution in [2.75, 3.05) is 6.79 Å². The van der Waals surface area contributed by atoms with Crippen LogP contribution in [0.2, 0.25) is 0 Å². The number of nitrogens with one attached hydrogen (secondary N) is 2. The van der Waals surface area contributed by atoms with Crippen LogP contribution < -0.4 is 20.1 Å². The van der Waals surface area contributed by atoms with E-state index >= 15 is 0 Å². The van der Waals surface area contributed by atoms with Crippen molar-refractivity contribution in [3.63, 3.8) is 0 Å². The standard InChI is InChI=1S/C20H22N2O4/c23-20(24-12-14-4-2-1-3-5-14)22-17-9-16(10-17)21-11-15-6-7-18-19(8-15)26-13-25-18/h1-8,16-17,21H,9-13H2,(H,22,23). The SMILES string of the molecule is O=C(NC1CC(NCc2ccc3c(c2)OCO3)C1)OCc1ccccc1. The number of hydrogen-bond acceptors (Lipinski definition) is 5. The minimum atomic E-state index is -0.354. The van der Waals surface area contributed by atoms with E-state index in [1.54, 1.807) is 0 Å². The van der Waals surface area contributed by atoms with Gasteiger partial charge in [0, 0.05) is 18.6 Å². The summed E-state index contributed by atoms with van der Waals surface area (Å²) < 4.78 is 16.0. The lowest BCUT2D eigenvalue weighted by Gasteiger charge is -2.36. The van der Waals surface area contributed by atoms with Crippen LogP contribution in [0.1, 0.15) is 24.0 Å². The van der Waals surface area contributed by atoms with Crippen molar-refractivity contribution in [2.45, 2.75) is 38.1 Å². The van der Waals surface area contributed by atoms with Gasteiger partial charge in [-0.1, -0.05) is 36.4 Å². The molecule has 1 fully saturated rings. The molecule has 0 unspecified atom stereocenters. The highest BCUT2D eigenvalue weighted by molar-refractivity contribution is 5.67. The topological polar surface area (TPSA) is 68.8 Å². The quantitative estimate of drug-likeness (QED) is 0.835. The average Bonchev–Trinajstić information content (AvgIpc) is 3.10. The van der Waals surface area contributed by atoms with Gasteiger partial charge in [-0.3, -0.25) is 0 Å². The van der Waals surface area contributed by atoms with Crippen molar-refractivity contribution >= 4 is 6.09 Å². The van der Waals surface area contributed by atoms with Gasteiger partial charge in [-0.05, 0) is 36.1 Å². The van der Waals surface area contributed by atoms with Crippen molar-refractivity contribution < 1.29 is 19.0 Å². The zero-order valence-corrected chi connectivity index (χ0v) is 14.4. The van der Waals surface area contributed by atoms with E-state index < -0.39 is 0 Å². The molecule has 6 heteroatoms. The second kappa shape index (κ2) is 7.66. The molecule has 1 aliphatic carbocycles. The monoisotopic (exact) mass is 354 g/mol. The second-order valence-electron chi connectivity index (χ2n) is 6.64. The highest BCUT2D eigenvalue weighted by Crippen LogP contribution is 2.32. The minimum Gasteiger partial charge on any atom is -0.454 e. The molecule has 1 amide bonds. The van der Waals surface area contributed by atoms with Gasteiger partial charge in [0.2, 0.25) is 6.79 Å². The first-order chi connectivity index (χ1) is 12.8. The summed E-state index contributed by atoms with van der Waals surface area (Å²) in [6.45, 7) is 1.36. The summed E-state index contributed by atoms with van der Waals surface area (Å²) in [7, 11) is 0. The molecule has 6 nitrogen and oxygen atoms in total. The Labute approximate surface area is 152 Å². The van der Waals surface area contributed by atoms with E-state index in [-0.39, 0.29) is 12.1 Å². The first-order valence-corrected chi connectivity index (χ1v) is 8.85. The fourth-order valence-electron chi connectivity index (χ4n) is 3.15. The van der Waals surface area contributed by atoms with Gasteiger partial charge in [0.05, 0.1) is 0 Å². The number of rotatable bonds is 6. The van der Waals surface area contributed by atoms with Crippen molar-refractivity contribution in [2.24, 2.45) is 0 Å². The normalized spacial score (nSPS) is 20.3. The Morgan fingerprint density at radius 1 is 1.00 bits per heavy atom. The van der Waals surface area contributed by atoms with Crippen LogP contribution in [0.5, 0.6) is 11.5 Å². The number of hydrogen-bond donors (Lipinski definition) is 2. The molecule has 2 aliphatic rings. The Bertz CT molecular complexity index is 760. The summed E-state index contributed by atoms with van der Waals surface area (Å²) in [4.78, 5) is 11.8. The van der Waals surface area contributed by atoms with E-state index in [4.69, 9.17) is 14.2 Å². The third-order valence-corrected chi connectivity index (χ3v) is 4.70. The fourth-order valence-corrected chi connectivity index (χ4v) is 3.15. The lowest BCUT2D eigenvalue weighted by Crippen LogP contribution is -2.52. The smallest absolute Gasteiger partial charge is 0.407 e. The zero-order chi connectivity index (χ0) is 17.8. The highest BCUT2D eigenvalue weighted by Gasteiger charge is 2.30. The zero-order valence-electron chi connectivity index (χ0n) is 14.4. The van der Waals surface area contributed by atoms with Crippen LogP contribution >= 0.6 is 0 Å². The van der Waals surface area contributed by atoms with Crippen molar-refractivity contribution in [3.8, 4) is 11.5 Å². The van der Waals surface area contributed by atoms with Crippen LogP contribution in [0.15, 0.2) is 48.5 Å². The Hall–Kier alpha value is -2.73. The van der Waals surface area contributed by atoms with Crippen molar-refractivity contribution in [1.82, 2.24) is 10.6 Å². The Morgan fingerprint density at radius 2 is 1.81 bits per heavy atom. The van der Waals surface area contributed by atoms with E-state index in [2.05, 4.69) is 10.6 Å². The summed E-state index contributed by atoms with van der Waals surface area (Å²) in [6.07, 6.45) is 1.46. The number of ether oxygens (including phenoxy) is 3. The van der Waals surface area contributed by atoms with Crippen molar-refractivity contribution in [3.05, 3.63) is 59.7 Å². The maximum absolute atomic E-state index is 11.8. The summed E-state index contributed by atoms with van der Waals surface area (Å²) in [5.41, 5.74) is 2.15. The molecule has 0 radical (unpaired) electrons. The van der Waals surface area contributed by atoms with Crippen LogP contribution in [0.4, 0.5) is 4.79 Å². The van der Waals surface area contributed by atoms with Crippen molar-refractivity contribution in [1.29, 1.82) is 0 Å². The molecular formula is C20H22N2O4. The first kappa shape index (κ1) is 16.7. The number of benzene rings is 2. The van der Waals surface area contributed by atoms with E-state index in [0.717, 1.165) is 42.0 Å². The summed E-state index contributed by atoms with van der Waals surface area (Å²) in [6, 6.07) is 16.2. The predicted molar refractivity (Wildman–Crippen MR) is 96.0 cm³/mol. The molecule has 1 aliphatic heterocycles. The van der Waals surface area contributed by atoms with E-state index in [1.165, 1.54) is 0 Å². The molecule has 2 N–H and O–H groups in total. The minimum absolute atomic E-state index is 0.174. The van der Waals surface area contributed by atoms with Crippen LogP contribution in [0.25, 0.3) is 0 Å². The summed E-state index contributed by atoms with van der Waals surface area (Å²) in [5, 5.41) is 6.41. The highest BCUT2D eigenvalue weighted by atomic mass is 16.7. The Morgan fingerprint density at radius 3 is 2.65 bits per heavy atom. The second-order valence-corrected chi connectivity index (χ2v) is 6.64. The molecule has 0 spiro atoms. The molecule has 2 aromatic rings. The molecule has 1 heterocycles. The molecule has 0 saturated heterocycles. The molecule has 0 aromatic heterocycles. The van der Waals surface area contributed by atoms with Gasteiger partial charge >= 0.3 is 6.09 Å². The number of alkyl carbamates (subject to hydrolysis) is 1. The molecule has 0 bridgehead atoms. The Balaban J connectivity index is 1.14. The molecule has 2 aromatic carbocycles. The van der Waals surface area contributed by atoms with Crippen LogP contribution in [0, 0.1) is 0 Å². The Kier molecular flexibility index (Phi) is 4.93. The van der Waals surface area contributed by atoms with Gasteiger partial charge in [0.25, 0.3) is 0 Å². The number of carbonyl (C=O) groups is 1. The molecule has 1 saturated carbocycles. The molecule has 4 rings (SSSR count). The lowest BCUT2D eigenvalue weighted by molar-refractivity contribution is 0.125. The largest absolute Gasteiger partial charge is 0.454 e. The number of amides is 1. The van der Waals surface area contributed by atoms with E-state index in [9.17, 15) is 4.79 Å². The fraction of sp³-hybridized carbons (Fsp3) is 0.350. The number of fused-ring (bicyclic) bond motifs is 1. The molecule has 26 heavy (non-hydrogen) atoms. The molecule has 0 atom stereocenters. The summed E-state index contributed by atoms with van der Waals surface area (Å²) >= 11 is 0. The van der Waals surface area contributed by atoms with E-state index in [1.807, 2.05) is 48.5 Å². The first-order valence-electron chi connectivity index (χ1n) is 8.85. The van der Waals surface area contributed by atoms with Crippen LogP contribution in [0.3, 0.4) is 0 Å². The predicted octanol–water partition coefficient (Wildman–Crippen LogP) is 2.96. The van der Waals surface area contributed by atoms with Gasteiger partial charge < -0.3 is 24.8 Å². The van der Waals surface area contributed by atoms with Crippen LogP contribution in [-0.2, 0) is 17.9 Å². The third kappa shape index (κ3) is 4.08. The molecular weight excluding hydrogens is 332 g/mol. The van der Waals surface area contributed by atoms with Gasteiger partial charge in [0.1, 0.15) is 6.61 Å². The van der Waals surface area contributed by atoms with Gasteiger partial charge in [-0.2, -0.15) is 0 Å². The van der Waals surface area contributed by atoms with Gasteiger partial charge in [-0.15, -0.1) is 0 Å². The molecule has 136 valence electrons. The maximum atomic E-state index is 11.8. The van der Waals surface area contributed by atoms with Gasteiger partial charge in [0.15, 0.2) is 11.5 Å². The average molecular weight is 354 g/mol. The van der Waals surface area contributed by atoms with E-state index in [0.29, 0.717) is 19.4 Å². The van der Waals surface area contributed by atoms with Crippen LogP contribution in [-0.4, -0.2) is 25.0 Å². The third-order valence-electron chi connectivity index (χ3n) is 4.70. The summed E-state index contributed by atoms with van der Waals surface area (Å²) in [5.74, 6) is 1.61. The van der Waals surface area contributed by atoms with Gasteiger partial charge in [-0.25, -0.2) is 4.79 Å². The lowest BCUT2D eigenvalue weighted by atomic mass is 9.87. The number of carbonyl (C=O) groups excluding carboxylic acids is 1. The maximum Gasteiger partial charge on any atom is 0.407 e.